The number of rotatable bonds is 3. The van der Waals surface area contributed by atoms with Crippen LogP contribution in [0.15, 0.2) is 24.3 Å². The summed E-state index contributed by atoms with van der Waals surface area (Å²) in [6, 6.07) is 8.14. The minimum Gasteiger partial charge on any atom is -0.324 e. The molecule has 0 saturated carbocycles. The molecule has 0 aliphatic carbocycles. The van der Waals surface area contributed by atoms with Crippen molar-refractivity contribution in [3.8, 4) is 0 Å². The summed E-state index contributed by atoms with van der Waals surface area (Å²) in [6.45, 7) is 4.95. The molecule has 0 bridgehead atoms. The van der Waals surface area contributed by atoms with Crippen LogP contribution in [0.2, 0.25) is 0 Å². The van der Waals surface area contributed by atoms with Crippen molar-refractivity contribution in [2.24, 2.45) is 5.73 Å². The summed E-state index contributed by atoms with van der Waals surface area (Å²) in [7, 11) is 0. The van der Waals surface area contributed by atoms with Gasteiger partial charge in [-0.3, -0.25) is 0 Å². The van der Waals surface area contributed by atoms with E-state index in [9.17, 15) is 4.79 Å². The van der Waals surface area contributed by atoms with Gasteiger partial charge < -0.3 is 16.0 Å². The fourth-order valence-corrected chi connectivity index (χ4v) is 2.79. The molecule has 2 rings (SSSR count). The minimum absolute atomic E-state index is 0.0124. The number of hydrogen-bond acceptors (Lipinski definition) is 2. The van der Waals surface area contributed by atoms with Gasteiger partial charge in [0.25, 0.3) is 0 Å². The second-order valence-corrected chi connectivity index (χ2v) is 5.60. The van der Waals surface area contributed by atoms with E-state index in [1.54, 1.807) is 0 Å². The molecule has 4 heteroatoms. The maximum atomic E-state index is 12.4. The molecule has 1 fully saturated rings. The van der Waals surface area contributed by atoms with Crippen molar-refractivity contribution in [3.63, 3.8) is 0 Å². The van der Waals surface area contributed by atoms with Crippen LogP contribution in [0.1, 0.15) is 51.1 Å². The van der Waals surface area contributed by atoms with Crippen molar-refractivity contribution in [1.29, 1.82) is 0 Å². The van der Waals surface area contributed by atoms with Crippen LogP contribution in [0, 0.1) is 0 Å². The smallest absolute Gasteiger partial charge is 0.322 e. The summed E-state index contributed by atoms with van der Waals surface area (Å²) < 4.78 is 0. The van der Waals surface area contributed by atoms with Crippen LogP contribution in [0.3, 0.4) is 0 Å². The third-order valence-corrected chi connectivity index (χ3v) is 4.02. The summed E-state index contributed by atoms with van der Waals surface area (Å²) in [5.74, 6) is 0. The van der Waals surface area contributed by atoms with Crippen molar-refractivity contribution in [2.75, 3.05) is 11.9 Å². The number of nitrogens with two attached hydrogens (primary N) is 1. The van der Waals surface area contributed by atoms with Gasteiger partial charge in [0, 0.05) is 24.3 Å². The van der Waals surface area contributed by atoms with E-state index in [-0.39, 0.29) is 12.1 Å². The van der Waals surface area contributed by atoms with Crippen molar-refractivity contribution >= 4 is 11.7 Å². The number of carbonyl (C=O) groups is 1. The van der Waals surface area contributed by atoms with Crippen molar-refractivity contribution in [3.05, 3.63) is 29.8 Å². The van der Waals surface area contributed by atoms with Crippen molar-refractivity contribution in [1.82, 2.24) is 4.90 Å². The molecule has 20 heavy (non-hydrogen) atoms. The van der Waals surface area contributed by atoms with Crippen molar-refractivity contribution < 1.29 is 4.79 Å². The number of amides is 2. The lowest BCUT2D eigenvalue weighted by Gasteiger charge is -2.35. The van der Waals surface area contributed by atoms with Crippen LogP contribution >= 0.6 is 0 Å². The average molecular weight is 275 g/mol. The highest BCUT2D eigenvalue weighted by Crippen LogP contribution is 2.21. The van der Waals surface area contributed by atoms with Crippen molar-refractivity contribution in [2.45, 2.75) is 51.6 Å². The summed E-state index contributed by atoms with van der Waals surface area (Å²) in [6.07, 6.45) is 4.46. The number of carbonyl (C=O) groups excluding carboxylic acids is 1. The summed E-state index contributed by atoms with van der Waals surface area (Å²) in [5, 5.41) is 3.00. The number of anilines is 1. The van der Waals surface area contributed by atoms with E-state index in [0.29, 0.717) is 6.04 Å². The largest absolute Gasteiger partial charge is 0.324 e. The topological polar surface area (TPSA) is 58.4 Å². The quantitative estimate of drug-likeness (QED) is 0.887. The molecule has 1 aliphatic heterocycles. The Morgan fingerprint density at radius 2 is 2.30 bits per heavy atom. The van der Waals surface area contributed by atoms with E-state index in [1.807, 2.05) is 36.1 Å². The highest BCUT2D eigenvalue weighted by Gasteiger charge is 2.25. The lowest BCUT2D eigenvalue weighted by Crippen LogP contribution is -2.45. The summed E-state index contributed by atoms with van der Waals surface area (Å²) in [4.78, 5) is 14.4. The van der Waals surface area contributed by atoms with Crippen LogP contribution in [0.25, 0.3) is 0 Å². The number of hydrogen-bond donors (Lipinski definition) is 2. The molecule has 0 spiro atoms. The monoisotopic (exact) mass is 275 g/mol. The molecule has 0 aromatic heterocycles. The first-order valence-electron chi connectivity index (χ1n) is 7.55. The lowest BCUT2D eigenvalue weighted by molar-refractivity contribution is 0.160. The fraction of sp³-hybridized carbons (Fsp3) is 0.562. The van der Waals surface area contributed by atoms with E-state index in [0.717, 1.165) is 37.1 Å². The predicted molar refractivity (Wildman–Crippen MR) is 82.7 cm³/mol. The zero-order valence-electron chi connectivity index (χ0n) is 12.4. The summed E-state index contributed by atoms with van der Waals surface area (Å²) in [5.41, 5.74) is 7.74. The molecule has 2 unspecified atom stereocenters. The third kappa shape index (κ3) is 3.51. The first-order chi connectivity index (χ1) is 9.61. The van der Waals surface area contributed by atoms with E-state index in [1.165, 1.54) is 6.42 Å². The molecule has 0 radical (unpaired) electrons. The standard InChI is InChI=1S/C16H25N3O/c1-3-15-9-4-5-10-19(15)16(20)18-14-8-6-7-13(11-14)12(2)17/h6-8,11-12,15H,3-5,9-10,17H2,1-2H3,(H,18,20). The Kier molecular flexibility index (Phi) is 5.01. The maximum absolute atomic E-state index is 12.4. The molecule has 1 aromatic rings. The average Bonchev–Trinajstić information content (AvgIpc) is 2.47. The second-order valence-electron chi connectivity index (χ2n) is 5.60. The molecule has 1 aromatic carbocycles. The number of likely N-dealkylation sites (tertiary alicyclic amines) is 1. The molecule has 1 aliphatic rings. The van der Waals surface area contributed by atoms with Crippen LogP contribution < -0.4 is 11.1 Å². The van der Waals surface area contributed by atoms with Crippen LogP contribution in [0.5, 0.6) is 0 Å². The predicted octanol–water partition coefficient (Wildman–Crippen LogP) is 3.50. The first kappa shape index (κ1) is 14.9. The van der Waals surface area contributed by atoms with Crippen LogP contribution in [0.4, 0.5) is 10.5 Å². The van der Waals surface area contributed by atoms with Crippen LogP contribution in [-0.2, 0) is 0 Å². The first-order valence-corrected chi connectivity index (χ1v) is 7.55. The number of urea groups is 1. The minimum atomic E-state index is -0.0229. The van der Waals surface area contributed by atoms with Gasteiger partial charge in [-0.15, -0.1) is 0 Å². The van der Waals surface area contributed by atoms with E-state index >= 15 is 0 Å². The Labute approximate surface area is 121 Å². The Hall–Kier alpha value is -1.55. The summed E-state index contributed by atoms with van der Waals surface area (Å²) >= 11 is 0. The Bertz CT molecular complexity index is 459. The van der Waals surface area contributed by atoms with Gasteiger partial charge in [0.05, 0.1) is 0 Å². The highest BCUT2D eigenvalue weighted by atomic mass is 16.2. The van der Waals surface area contributed by atoms with E-state index in [2.05, 4.69) is 12.2 Å². The van der Waals surface area contributed by atoms with Crippen LogP contribution in [-0.4, -0.2) is 23.5 Å². The normalized spacial score (nSPS) is 20.6. The van der Waals surface area contributed by atoms with Gasteiger partial charge in [-0.25, -0.2) is 4.79 Å². The SMILES string of the molecule is CCC1CCCCN1C(=O)Nc1cccc(C(C)N)c1. The maximum Gasteiger partial charge on any atom is 0.322 e. The molecule has 4 nitrogen and oxygen atoms in total. The fourth-order valence-electron chi connectivity index (χ4n) is 2.79. The molecule has 2 amide bonds. The number of nitrogens with one attached hydrogen (secondary N) is 1. The second kappa shape index (κ2) is 6.75. The lowest BCUT2D eigenvalue weighted by atomic mass is 10.0. The van der Waals surface area contributed by atoms with E-state index < -0.39 is 0 Å². The molecule has 1 heterocycles. The molecule has 2 atom stereocenters. The van der Waals surface area contributed by atoms with Gasteiger partial charge in [-0.1, -0.05) is 19.1 Å². The molecule has 3 N–H and O–H groups in total. The van der Waals surface area contributed by atoms with E-state index in [4.69, 9.17) is 5.73 Å². The number of nitrogens with zero attached hydrogens (tertiary/aromatic N) is 1. The number of benzene rings is 1. The zero-order valence-corrected chi connectivity index (χ0v) is 12.4. The molecule has 1 saturated heterocycles. The Morgan fingerprint density at radius 1 is 1.50 bits per heavy atom. The molecule has 110 valence electrons. The highest BCUT2D eigenvalue weighted by molar-refractivity contribution is 5.89. The van der Waals surface area contributed by atoms with Gasteiger partial charge in [0.15, 0.2) is 0 Å². The van der Waals surface area contributed by atoms with Gasteiger partial charge in [-0.2, -0.15) is 0 Å². The third-order valence-electron chi connectivity index (χ3n) is 4.02. The van der Waals surface area contributed by atoms with Gasteiger partial charge in [0.1, 0.15) is 0 Å². The molecular weight excluding hydrogens is 250 g/mol. The molecular formula is C16H25N3O. The van der Waals surface area contributed by atoms with Gasteiger partial charge in [-0.05, 0) is 50.3 Å². The van der Waals surface area contributed by atoms with Gasteiger partial charge >= 0.3 is 6.03 Å². The number of piperidine rings is 1. The van der Waals surface area contributed by atoms with Gasteiger partial charge in [0.2, 0.25) is 0 Å². The Morgan fingerprint density at radius 3 is 3.00 bits per heavy atom. The zero-order chi connectivity index (χ0) is 14.5. The Balaban J connectivity index is 2.05.